The second kappa shape index (κ2) is 46.8. The Balaban J connectivity index is 1.49. The summed E-state index contributed by atoms with van der Waals surface area (Å²) >= 11 is 4.24. The lowest BCUT2D eigenvalue weighted by atomic mass is 10.0. The van der Waals surface area contributed by atoms with Crippen molar-refractivity contribution in [1.82, 2.24) is 58.1 Å². The fourth-order valence-electron chi connectivity index (χ4n) is 11.1. The first-order valence-electron chi connectivity index (χ1n) is 34.2. The maximum Gasteiger partial charge on any atom is 0.245 e. The van der Waals surface area contributed by atoms with Crippen molar-refractivity contribution in [3.05, 3.63) is 102 Å². The highest BCUT2D eigenvalue weighted by Crippen LogP contribution is 2.22. The van der Waals surface area contributed by atoms with E-state index < -0.39 is 144 Å². The SMILES string of the molecule is CSCC[C@H](NC(=O)[C@H](CC(C)C)NC(=O)CNC(=O)[C@H](Cc1ccccc1)NC(=O)[C@H](Cc1ccccc1)NC(=O)[C@H](CCSC)NC(=O)[C@H](CCSC)NC(=O)CNC(=O)[C@H](CCCCN)NC(=O)[C@@H]1CCCN1C(=O)[C@H](CCCN=C(N)N)NC(=O)[C@@H](N)Cc1ccc(O)cc1)C(N)=O. The van der Waals surface area contributed by atoms with Gasteiger partial charge in [-0.3, -0.25) is 62.5 Å². The van der Waals surface area contributed by atoms with Crippen LogP contribution in [0.15, 0.2) is 89.9 Å². The third-order valence-electron chi connectivity index (χ3n) is 16.5. The summed E-state index contributed by atoms with van der Waals surface area (Å²) < 4.78 is 0. The zero-order valence-corrected chi connectivity index (χ0v) is 61.3. The lowest BCUT2D eigenvalue weighted by Gasteiger charge is -2.30. The number of thioether (sulfide) groups is 3. The Morgan fingerprint density at radius 2 is 0.951 bits per heavy atom. The van der Waals surface area contributed by atoms with Gasteiger partial charge in [0.15, 0.2) is 5.96 Å². The summed E-state index contributed by atoms with van der Waals surface area (Å²) in [4.78, 5) is 172. The average Bonchev–Trinajstić information content (AvgIpc) is 1.63. The molecule has 10 atom stereocenters. The molecule has 12 amide bonds. The number of primary amides is 1. The Labute approximate surface area is 609 Å². The molecule has 0 bridgehead atoms. The van der Waals surface area contributed by atoms with E-state index in [9.17, 15) is 62.6 Å². The molecule has 0 saturated carbocycles. The van der Waals surface area contributed by atoms with Gasteiger partial charge in [0.2, 0.25) is 70.9 Å². The van der Waals surface area contributed by atoms with E-state index in [4.69, 9.17) is 28.7 Å². The van der Waals surface area contributed by atoms with E-state index in [0.29, 0.717) is 53.2 Å². The van der Waals surface area contributed by atoms with E-state index in [-0.39, 0.29) is 108 Å². The number of nitrogens with zero attached hydrogens (tertiary/aromatic N) is 2. The number of nitrogens with two attached hydrogens (primary N) is 5. The van der Waals surface area contributed by atoms with Gasteiger partial charge in [0.05, 0.1) is 19.1 Å². The van der Waals surface area contributed by atoms with E-state index >= 15 is 0 Å². The summed E-state index contributed by atoms with van der Waals surface area (Å²) in [5.74, 6) is -7.44. The highest BCUT2D eigenvalue weighted by molar-refractivity contribution is 7.99. The number of phenols is 1. The summed E-state index contributed by atoms with van der Waals surface area (Å²) in [6, 6.07) is 12.0. The topological polar surface area (TPSA) is 491 Å². The van der Waals surface area contributed by atoms with E-state index in [2.05, 4.69) is 58.2 Å². The largest absolute Gasteiger partial charge is 0.508 e. The van der Waals surface area contributed by atoms with Crippen LogP contribution < -0.4 is 81.8 Å². The van der Waals surface area contributed by atoms with Crippen molar-refractivity contribution in [2.75, 3.05) is 68.7 Å². The molecule has 1 aliphatic heterocycles. The number of carbonyl (C=O) groups excluding carboxylic acids is 12. The standard InChI is InChI=1S/C69H105N17O13S3/c1-42(2)36-53(65(96)80-48(59(72)90)27-33-100-3)79-58(89)41-77-62(93)54(38-43-16-8-6-9-17-43)84-66(97)55(39-44-18-10-7-11-19-44)85-64(95)51(29-35-102-5)81-63(94)50(28-34-101-4)78-57(88)40-76-61(92)49(20-12-13-30-70)82-67(98)56-22-15-32-86(56)68(99)52(21-14-31-75-69(73)74)83-60(91)47(71)37-45-23-25-46(87)26-24-45/h6-11,16-19,23-26,42,47-56,87H,12-15,20-22,27-41,70-71H2,1-5H3,(H2,72,90)(H,76,92)(H,77,93)(H,78,88)(H,79,89)(H,80,96)(H,81,94)(H,82,98)(H,83,91)(H,84,97)(H,85,95)(H4,73,74,75)/t47-,48-,49-,50-,51-,52-,53-,54-,55-,56-/m0/s1. The van der Waals surface area contributed by atoms with Crippen molar-refractivity contribution in [2.45, 2.75) is 164 Å². The molecule has 1 aliphatic rings. The van der Waals surface area contributed by atoms with E-state index in [0.717, 1.165) is 0 Å². The predicted molar refractivity (Wildman–Crippen MR) is 397 cm³/mol. The number of carbonyl (C=O) groups is 12. The van der Waals surface area contributed by atoms with Crippen LogP contribution in [0.1, 0.15) is 101 Å². The highest BCUT2D eigenvalue weighted by atomic mass is 32.2. The third kappa shape index (κ3) is 31.7. The first kappa shape index (κ1) is 85.8. The summed E-state index contributed by atoms with van der Waals surface area (Å²) in [6.45, 7) is 3.01. The fraction of sp³-hybridized carbons (Fsp3) is 0.551. The molecular formula is C69H105N17O13S3. The van der Waals surface area contributed by atoms with Gasteiger partial charge < -0.3 is 91.8 Å². The molecule has 3 aromatic carbocycles. The average molecular weight is 1480 g/mol. The molecule has 30 nitrogen and oxygen atoms in total. The molecule has 4 rings (SSSR count). The van der Waals surface area contributed by atoms with Crippen LogP contribution in [0.2, 0.25) is 0 Å². The van der Waals surface area contributed by atoms with Gasteiger partial charge in [-0.15, -0.1) is 0 Å². The van der Waals surface area contributed by atoms with Crippen molar-refractivity contribution in [2.24, 2.45) is 39.6 Å². The van der Waals surface area contributed by atoms with E-state index in [1.165, 1.54) is 52.3 Å². The number of likely N-dealkylation sites (tertiary alicyclic amines) is 1. The van der Waals surface area contributed by atoms with Crippen molar-refractivity contribution < 1.29 is 62.6 Å². The monoisotopic (exact) mass is 1480 g/mol. The summed E-state index contributed by atoms with van der Waals surface area (Å²) in [5.41, 5.74) is 30.7. The van der Waals surface area contributed by atoms with Gasteiger partial charge in [-0.1, -0.05) is 86.6 Å². The van der Waals surface area contributed by atoms with Crippen molar-refractivity contribution >= 4 is 112 Å². The number of hydrogen-bond donors (Lipinski definition) is 16. The quantitative estimate of drug-likeness (QED) is 0.0180. The first-order valence-corrected chi connectivity index (χ1v) is 38.4. The van der Waals surface area contributed by atoms with Crippen molar-refractivity contribution in [3.8, 4) is 5.75 Å². The zero-order valence-electron chi connectivity index (χ0n) is 58.8. The number of guanidine groups is 1. The molecule has 1 fully saturated rings. The number of amides is 12. The molecule has 102 heavy (non-hydrogen) atoms. The molecule has 1 saturated heterocycles. The van der Waals surface area contributed by atoms with Gasteiger partial charge in [0.25, 0.3) is 0 Å². The Hall–Kier alpha value is -8.66. The number of phenolic OH excluding ortho intramolecular Hbond substituents is 1. The molecule has 33 heteroatoms. The molecule has 0 spiro atoms. The Morgan fingerprint density at radius 3 is 1.47 bits per heavy atom. The maximum atomic E-state index is 14.7. The first-order chi connectivity index (χ1) is 48.8. The number of nitrogens with one attached hydrogen (secondary N) is 10. The van der Waals surface area contributed by atoms with Crippen molar-refractivity contribution in [3.63, 3.8) is 0 Å². The Bertz CT molecular complexity index is 3230. The summed E-state index contributed by atoms with van der Waals surface area (Å²) in [5, 5.41) is 36.7. The lowest BCUT2D eigenvalue weighted by molar-refractivity contribution is -0.142. The summed E-state index contributed by atoms with van der Waals surface area (Å²) in [6.07, 6.45) is 8.00. The molecule has 0 aliphatic carbocycles. The normalized spacial score (nSPS) is 15.2. The van der Waals surface area contributed by atoms with Gasteiger partial charge in [-0.25, -0.2) is 0 Å². The molecule has 562 valence electrons. The van der Waals surface area contributed by atoms with Gasteiger partial charge >= 0.3 is 0 Å². The molecule has 1 heterocycles. The minimum atomic E-state index is -1.35. The number of aromatic hydroxyl groups is 1. The Morgan fingerprint density at radius 1 is 0.510 bits per heavy atom. The minimum Gasteiger partial charge on any atom is -0.508 e. The summed E-state index contributed by atoms with van der Waals surface area (Å²) in [7, 11) is 0. The van der Waals surface area contributed by atoms with E-state index in [1.807, 2.05) is 20.1 Å². The molecule has 0 aromatic heterocycles. The van der Waals surface area contributed by atoms with Crippen LogP contribution in [0.4, 0.5) is 0 Å². The predicted octanol–water partition coefficient (Wildman–Crippen LogP) is -1.18. The van der Waals surface area contributed by atoms with Crippen LogP contribution in [0.5, 0.6) is 5.75 Å². The molecular weight excluding hydrogens is 1370 g/mol. The smallest absolute Gasteiger partial charge is 0.245 e. The number of aliphatic imine (C=N–C) groups is 1. The van der Waals surface area contributed by atoms with Crippen LogP contribution in [-0.4, -0.2) is 216 Å². The molecule has 0 radical (unpaired) electrons. The fourth-order valence-corrected chi connectivity index (χ4v) is 12.5. The van der Waals surface area contributed by atoms with Crippen molar-refractivity contribution in [1.29, 1.82) is 0 Å². The minimum absolute atomic E-state index is 0.0345. The van der Waals surface area contributed by atoms with Crippen LogP contribution in [0.3, 0.4) is 0 Å². The highest BCUT2D eigenvalue weighted by Gasteiger charge is 2.40. The number of unbranched alkanes of at least 4 members (excludes halogenated alkanes) is 1. The van der Waals surface area contributed by atoms with Gasteiger partial charge in [0, 0.05) is 25.9 Å². The van der Waals surface area contributed by atoms with Crippen LogP contribution in [-0.2, 0) is 76.8 Å². The van der Waals surface area contributed by atoms with E-state index in [1.54, 1.807) is 85.3 Å². The number of benzene rings is 3. The van der Waals surface area contributed by atoms with Crippen LogP contribution in [0.25, 0.3) is 0 Å². The van der Waals surface area contributed by atoms with Crippen LogP contribution in [0, 0.1) is 5.92 Å². The van der Waals surface area contributed by atoms with Crippen LogP contribution >= 0.6 is 35.3 Å². The second-order valence-corrected chi connectivity index (χ2v) is 28.2. The number of rotatable bonds is 47. The molecule has 3 aromatic rings. The van der Waals surface area contributed by atoms with Gasteiger partial charge in [-0.2, -0.15) is 35.3 Å². The Kier molecular flexibility index (Phi) is 39.3. The third-order valence-corrected chi connectivity index (χ3v) is 18.5. The molecule has 0 unspecified atom stereocenters. The zero-order chi connectivity index (χ0) is 75.1. The number of hydrogen-bond acceptors (Lipinski definition) is 19. The van der Waals surface area contributed by atoms with Gasteiger partial charge in [-0.05, 0) is 154 Å². The maximum absolute atomic E-state index is 14.7. The molecule has 21 N–H and O–H groups in total. The van der Waals surface area contributed by atoms with Gasteiger partial charge in [0.1, 0.15) is 60.1 Å². The lowest BCUT2D eigenvalue weighted by Crippen LogP contribution is -2.59. The second-order valence-electron chi connectivity index (χ2n) is 25.2.